The minimum absolute atomic E-state index is 0. The van der Waals surface area contributed by atoms with Crippen molar-refractivity contribution in [3.8, 4) is 0 Å². The predicted octanol–water partition coefficient (Wildman–Crippen LogP) is 3.86. The van der Waals surface area contributed by atoms with E-state index in [0.29, 0.717) is 29.2 Å². The Morgan fingerprint density at radius 1 is 1.00 bits per heavy atom. The Kier molecular flexibility index (Phi) is 4.58. The number of fused-ring (bicyclic) bond motifs is 3. The van der Waals surface area contributed by atoms with E-state index in [1.807, 2.05) is 31.2 Å². The minimum atomic E-state index is -4.42. The van der Waals surface area contributed by atoms with E-state index in [2.05, 4.69) is 10.5 Å². The van der Waals surface area contributed by atoms with Crippen molar-refractivity contribution < 1.29 is 23.8 Å². The lowest BCUT2D eigenvalue weighted by molar-refractivity contribution is -0.137. The minimum Gasteiger partial charge on any atom is -0.492 e. The molecule has 0 saturated carbocycles. The van der Waals surface area contributed by atoms with Crippen molar-refractivity contribution in [3.63, 3.8) is 0 Å². The first kappa shape index (κ1) is 18.7. The van der Waals surface area contributed by atoms with Crippen LogP contribution in [0.4, 0.5) is 30.2 Å². The largest absolute Gasteiger partial charge is 0.492 e. The van der Waals surface area contributed by atoms with Crippen molar-refractivity contribution in [1.29, 1.82) is 0 Å². The fourth-order valence-electron chi connectivity index (χ4n) is 2.94. The number of aliphatic hydroxyl groups is 1. The van der Waals surface area contributed by atoms with Crippen LogP contribution in [0.2, 0.25) is 0 Å². The Morgan fingerprint density at radius 2 is 1.67 bits per heavy atom. The van der Waals surface area contributed by atoms with Crippen LogP contribution in [0.3, 0.4) is 0 Å². The molecule has 27 heavy (non-hydrogen) atoms. The van der Waals surface area contributed by atoms with Gasteiger partial charge in [0.1, 0.15) is 5.70 Å². The quantitative estimate of drug-likeness (QED) is 0.862. The number of alkyl halides is 3. The summed E-state index contributed by atoms with van der Waals surface area (Å²) in [5, 5.41) is 13.4. The molecule has 2 aliphatic heterocycles. The fourth-order valence-corrected chi connectivity index (χ4v) is 2.94. The molecular formula is C18H16F3N4O2. The number of benzene rings is 2. The maximum atomic E-state index is 12.8. The first-order valence-electron chi connectivity index (χ1n) is 7.99. The molecule has 2 aliphatic rings. The van der Waals surface area contributed by atoms with Crippen LogP contribution in [0.5, 0.6) is 0 Å². The van der Waals surface area contributed by atoms with Crippen molar-refractivity contribution >= 4 is 22.8 Å². The maximum absolute atomic E-state index is 12.8. The third-order valence-electron chi connectivity index (χ3n) is 4.22. The van der Waals surface area contributed by atoms with Gasteiger partial charge >= 0.3 is 6.18 Å². The van der Waals surface area contributed by atoms with Crippen LogP contribution in [-0.4, -0.2) is 16.3 Å². The van der Waals surface area contributed by atoms with Crippen molar-refractivity contribution in [2.45, 2.75) is 19.5 Å². The van der Waals surface area contributed by atoms with E-state index in [1.165, 1.54) is 17.1 Å². The van der Waals surface area contributed by atoms with E-state index in [1.54, 1.807) is 5.01 Å². The summed E-state index contributed by atoms with van der Waals surface area (Å²) in [7, 11) is 0. The summed E-state index contributed by atoms with van der Waals surface area (Å²) in [5.74, 6) is -0.167. The topological polar surface area (TPSA) is 84.7 Å². The van der Waals surface area contributed by atoms with Gasteiger partial charge in [-0.2, -0.15) is 13.2 Å². The first-order chi connectivity index (χ1) is 12.4. The first-order valence-corrected chi connectivity index (χ1v) is 7.99. The summed E-state index contributed by atoms with van der Waals surface area (Å²) in [6.07, 6.45) is -3.85. The Hall–Kier alpha value is -3.04. The van der Waals surface area contributed by atoms with E-state index < -0.39 is 11.7 Å². The summed E-state index contributed by atoms with van der Waals surface area (Å²) >= 11 is 0. The standard InChI is InChI=1S/C18H14F3N4O.H2O/c1-2-13-16-17(26)24(12-9-7-11(8-10-12)18(19,20)21)23-25(16)15-6-4-3-5-14(15)22-13;/h3-10,26H,2H2,1H3;1H2. The van der Waals surface area contributed by atoms with Gasteiger partial charge in [-0.3, -0.25) is 0 Å². The molecular weight excluding hydrogens is 361 g/mol. The van der Waals surface area contributed by atoms with E-state index in [-0.39, 0.29) is 11.4 Å². The molecule has 2 aromatic carbocycles. The lowest BCUT2D eigenvalue weighted by atomic mass is 10.1. The maximum Gasteiger partial charge on any atom is 0.416 e. The van der Waals surface area contributed by atoms with Crippen molar-refractivity contribution in [3.05, 3.63) is 65.7 Å². The smallest absolute Gasteiger partial charge is 0.416 e. The highest BCUT2D eigenvalue weighted by Gasteiger charge is 2.39. The number of nitrogens with zero attached hydrogens (tertiary/aromatic N) is 4. The second kappa shape index (κ2) is 6.60. The normalized spacial score (nSPS) is 15.9. The lowest BCUT2D eigenvalue weighted by Gasteiger charge is -2.26. The van der Waals surface area contributed by atoms with Gasteiger partial charge in [-0.15, -0.1) is 0 Å². The molecule has 0 unspecified atom stereocenters. The number of halogens is 3. The number of aliphatic imine (C=N–C) groups is 1. The van der Waals surface area contributed by atoms with Crippen LogP contribution in [-0.2, 0) is 6.18 Å². The molecule has 0 saturated heterocycles. The highest BCUT2D eigenvalue weighted by molar-refractivity contribution is 6.09. The van der Waals surface area contributed by atoms with Gasteiger partial charge in [-0.05, 0) is 48.4 Å². The summed E-state index contributed by atoms with van der Waals surface area (Å²) in [4.78, 5) is 4.55. The highest BCUT2D eigenvalue weighted by Crippen LogP contribution is 2.41. The number of aliphatic hydroxyl groups excluding tert-OH is 1. The third kappa shape index (κ3) is 3.00. The van der Waals surface area contributed by atoms with Gasteiger partial charge in [0.25, 0.3) is 0 Å². The lowest BCUT2D eigenvalue weighted by Crippen LogP contribution is -2.36. The number of hydrogen-bond donors (Lipinski definition) is 1. The van der Waals surface area contributed by atoms with E-state index in [9.17, 15) is 18.3 Å². The summed E-state index contributed by atoms with van der Waals surface area (Å²) < 4.78 is 38.3. The molecule has 6 nitrogen and oxygen atoms in total. The average Bonchev–Trinajstić information content (AvgIpc) is 2.98. The van der Waals surface area contributed by atoms with E-state index in [4.69, 9.17) is 0 Å². The van der Waals surface area contributed by atoms with Crippen LogP contribution < -0.4 is 15.6 Å². The molecule has 0 aromatic heterocycles. The van der Waals surface area contributed by atoms with Crippen molar-refractivity contribution in [2.75, 3.05) is 10.0 Å². The number of para-hydroxylation sites is 2. The molecule has 4 rings (SSSR count). The Bertz CT molecular complexity index is 923. The molecule has 141 valence electrons. The Balaban J connectivity index is 0.00000210. The highest BCUT2D eigenvalue weighted by atomic mass is 19.4. The van der Waals surface area contributed by atoms with Crippen LogP contribution in [0.1, 0.15) is 18.9 Å². The predicted molar refractivity (Wildman–Crippen MR) is 95.6 cm³/mol. The zero-order valence-corrected chi connectivity index (χ0v) is 14.2. The molecule has 3 N–H and O–H groups in total. The number of rotatable bonds is 2. The molecule has 0 amide bonds. The molecule has 1 radical (unpaired) electrons. The van der Waals surface area contributed by atoms with Gasteiger partial charge in [0.2, 0.25) is 5.88 Å². The van der Waals surface area contributed by atoms with E-state index in [0.717, 1.165) is 17.8 Å². The van der Waals surface area contributed by atoms with Crippen molar-refractivity contribution in [1.82, 2.24) is 5.53 Å². The molecule has 0 atom stereocenters. The molecule has 0 aliphatic carbocycles. The zero-order chi connectivity index (χ0) is 18.5. The summed E-state index contributed by atoms with van der Waals surface area (Å²) in [5.41, 5.74) is 6.44. The van der Waals surface area contributed by atoms with Gasteiger partial charge in [-0.1, -0.05) is 19.1 Å². The van der Waals surface area contributed by atoms with Crippen LogP contribution in [0.25, 0.3) is 0 Å². The second-order valence-corrected chi connectivity index (χ2v) is 5.83. The van der Waals surface area contributed by atoms with Gasteiger partial charge in [-0.25, -0.2) is 15.0 Å². The average molecular weight is 377 g/mol. The summed E-state index contributed by atoms with van der Waals surface area (Å²) in [6, 6.07) is 11.8. The van der Waals surface area contributed by atoms with Gasteiger partial charge in [0.15, 0.2) is 0 Å². The van der Waals surface area contributed by atoms with Crippen LogP contribution >= 0.6 is 0 Å². The number of hydrogen-bond acceptors (Lipinski definition) is 4. The molecule has 9 heteroatoms. The van der Waals surface area contributed by atoms with Crippen LogP contribution in [0, 0.1) is 0 Å². The number of allylic oxidation sites excluding steroid dienone is 1. The molecule has 0 spiro atoms. The Labute approximate surface area is 153 Å². The third-order valence-corrected chi connectivity index (χ3v) is 4.22. The fraction of sp³-hybridized carbons (Fsp3) is 0.167. The molecule has 2 aromatic rings. The molecule has 0 fully saturated rings. The monoisotopic (exact) mass is 377 g/mol. The summed E-state index contributed by atoms with van der Waals surface area (Å²) in [6.45, 7) is 1.91. The number of anilines is 2. The molecule has 2 heterocycles. The SMILES string of the molecule is CCC1=Nc2ccccc2N2[N]N(c3ccc(C(F)(F)F)cc3)C(O)=C12.O. The zero-order valence-electron chi connectivity index (χ0n) is 14.2. The molecule has 0 bridgehead atoms. The Morgan fingerprint density at radius 3 is 2.30 bits per heavy atom. The van der Waals surface area contributed by atoms with Gasteiger partial charge < -0.3 is 10.6 Å². The van der Waals surface area contributed by atoms with Gasteiger partial charge in [0, 0.05) is 0 Å². The van der Waals surface area contributed by atoms with Crippen molar-refractivity contribution in [2.24, 2.45) is 4.99 Å². The van der Waals surface area contributed by atoms with E-state index >= 15 is 0 Å². The second-order valence-electron chi connectivity index (χ2n) is 5.83. The van der Waals surface area contributed by atoms with Gasteiger partial charge in [0.05, 0.1) is 28.3 Å². The van der Waals surface area contributed by atoms with Crippen LogP contribution in [0.15, 0.2) is 65.1 Å².